The first-order valence-corrected chi connectivity index (χ1v) is 7.48. The van der Waals surface area contributed by atoms with Gasteiger partial charge in [-0.3, -0.25) is 13.4 Å². The predicted octanol–water partition coefficient (Wildman–Crippen LogP) is 1.76. The van der Waals surface area contributed by atoms with Crippen molar-refractivity contribution in [3.8, 4) is 0 Å². The number of rotatable bonds is 2. The summed E-state index contributed by atoms with van der Waals surface area (Å²) in [5, 5.41) is 9.47. The van der Waals surface area contributed by atoms with Gasteiger partial charge in [0.15, 0.2) is 0 Å². The molecule has 102 valence electrons. The molecule has 0 aliphatic heterocycles. The molecule has 1 unspecified atom stereocenters. The van der Waals surface area contributed by atoms with Crippen LogP contribution in [0, 0.1) is 0 Å². The van der Waals surface area contributed by atoms with Crippen molar-refractivity contribution in [2.75, 3.05) is 0 Å². The first-order chi connectivity index (χ1) is 9.59. The fourth-order valence-electron chi connectivity index (χ4n) is 2.04. The Kier molecular flexibility index (Phi) is 3.10. The van der Waals surface area contributed by atoms with Crippen LogP contribution in [0.15, 0.2) is 46.5 Å². The number of fused-ring (bicyclic) bond motifs is 2. The number of benzene rings is 1. The van der Waals surface area contributed by atoms with Crippen LogP contribution in [0.25, 0.3) is 16.4 Å². The van der Waals surface area contributed by atoms with Crippen molar-refractivity contribution in [1.29, 1.82) is 0 Å². The molecule has 0 bridgehead atoms. The molecule has 0 spiro atoms. The molecule has 20 heavy (non-hydrogen) atoms. The van der Waals surface area contributed by atoms with E-state index in [1.165, 1.54) is 4.40 Å². The van der Waals surface area contributed by atoms with E-state index in [2.05, 4.69) is 10.2 Å². The molecule has 1 atom stereocenters. The second kappa shape index (κ2) is 4.79. The van der Waals surface area contributed by atoms with Crippen molar-refractivity contribution < 1.29 is 4.21 Å². The minimum atomic E-state index is -1.30. The van der Waals surface area contributed by atoms with Crippen LogP contribution in [0.3, 0.4) is 0 Å². The van der Waals surface area contributed by atoms with Crippen LogP contribution in [-0.2, 0) is 10.8 Å². The lowest BCUT2D eigenvalue weighted by atomic mass is 10.2. The molecule has 0 fully saturated rings. The Hall–Kier alpha value is -2.08. The zero-order valence-corrected chi connectivity index (χ0v) is 11.9. The Labute approximate surface area is 117 Å². The topological polar surface area (TPSA) is 64.3 Å². The van der Waals surface area contributed by atoms with Crippen LogP contribution in [-0.4, -0.2) is 24.1 Å². The van der Waals surface area contributed by atoms with E-state index in [0.29, 0.717) is 10.5 Å². The van der Waals surface area contributed by atoms with E-state index in [-0.39, 0.29) is 16.3 Å². The van der Waals surface area contributed by atoms with Crippen LogP contribution in [0.5, 0.6) is 0 Å². The van der Waals surface area contributed by atoms with E-state index in [4.69, 9.17) is 0 Å². The Balaban J connectivity index is 2.44. The normalized spacial score (nSPS) is 13.2. The van der Waals surface area contributed by atoms with Gasteiger partial charge in [-0.15, -0.1) is 10.2 Å². The summed E-state index contributed by atoms with van der Waals surface area (Å²) in [5.41, 5.74) is 0.000283. The van der Waals surface area contributed by atoms with Crippen LogP contribution in [0.1, 0.15) is 13.8 Å². The molecule has 3 aromatic rings. The highest BCUT2D eigenvalue weighted by Gasteiger charge is 2.17. The van der Waals surface area contributed by atoms with Crippen LogP contribution in [0.4, 0.5) is 0 Å². The monoisotopic (exact) mass is 287 g/mol. The molecule has 0 aliphatic carbocycles. The molecule has 0 saturated heterocycles. The van der Waals surface area contributed by atoms with Gasteiger partial charge in [0.05, 0.1) is 10.8 Å². The van der Waals surface area contributed by atoms with Gasteiger partial charge < -0.3 is 0 Å². The minimum absolute atomic E-state index is 0.0857. The summed E-state index contributed by atoms with van der Waals surface area (Å²) in [7, 11) is -1.30. The van der Waals surface area contributed by atoms with E-state index in [0.717, 1.165) is 5.39 Å². The summed E-state index contributed by atoms with van der Waals surface area (Å²) in [6.07, 6.45) is 1.70. The van der Waals surface area contributed by atoms with E-state index in [9.17, 15) is 9.00 Å². The number of hydrogen-bond donors (Lipinski definition) is 0. The van der Waals surface area contributed by atoms with Crippen molar-refractivity contribution in [1.82, 2.24) is 14.6 Å². The highest BCUT2D eigenvalue weighted by Crippen LogP contribution is 2.13. The van der Waals surface area contributed by atoms with Gasteiger partial charge in [-0.05, 0) is 11.5 Å². The van der Waals surface area contributed by atoms with Crippen LogP contribution >= 0.6 is 0 Å². The van der Waals surface area contributed by atoms with Crippen molar-refractivity contribution in [2.24, 2.45) is 0 Å². The van der Waals surface area contributed by atoms with Gasteiger partial charge in [0.2, 0.25) is 16.2 Å². The molecular weight excluding hydrogens is 274 g/mol. The van der Waals surface area contributed by atoms with Gasteiger partial charge in [0.1, 0.15) is 0 Å². The third-order valence-corrected chi connectivity index (χ3v) is 4.58. The van der Waals surface area contributed by atoms with Gasteiger partial charge in [0.25, 0.3) is 0 Å². The quantitative estimate of drug-likeness (QED) is 0.720. The molecule has 5 nitrogen and oxygen atoms in total. The zero-order valence-electron chi connectivity index (χ0n) is 11.1. The molecule has 2 aromatic heterocycles. The average Bonchev–Trinajstić information content (AvgIpc) is 2.81. The molecule has 0 aliphatic rings. The second-order valence-electron chi connectivity index (χ2n) is 4.75. The first kappa shape index (κ1) is 12.9. The molecule has 6 heteroatoms. The average molecular weight is 287 g/mol. The third kappa shape index (κ3) is 1.92. The van der Waals surface area contributed by atoms with Crippen LogP contribution in [0.2, 0.25) is 0 Å². The summed E-state index contributed by atoms with van der Waals surface area (Å²) in [4.78, 5) is 12.5. The van der Waals surface area contributed by atoms with Crippen molar-refractivity contribution in [2.45, 2.75) is 24.3 Å². The molecule has 0 amide bonds. The van der Waals surface area contributed by atoms with Gasteiger partial charge in [0, 0.05) is 16.8 Å². The van der Waals surface area contributed by atoms with Gasteiger partial charge in [-0.2, -0.15) is 0 Å². The Morgan fingerprint density at radius 3 is 2.65 bits per heavy atom. The number of aromatic nitrogens is 3. The Morgan fingerprint density at radius 2 is 1.90 bits per heavy atom. The largest absolute Gasteiger partial charge is 0.285 e. The maximum Gasteiger partial charge on any atom is 0.231 e. The van der Waals surface area contributed by atoms with Gasteiger partial charge in [-0.25, -0.2) is 0 Å². The first-order valence-electron chi connectivity index (χ1n) is 6.27. The smallest absolute Gasteiger partial charge is 0.231 e. The number of hydrogen-bond acceptors (Lipinski definition) is 4. The summed E-state index contributed by atoms with van der Waals surface area (Å²) >= 11 is 0. The lowest BCUT2D eigenvalue weighted by molar-refractivity contribution is 0.667. The van der Waals surface area contributed by atoms with Crippen LogP contribution < -0.4 is 5.43 Å². The van der Waals surface area contributed by atoms with E-state index in [1.54, 1.807) is 12.3 Å². The summed E-state index contributed by atoms with van der Waals surface area (Å²) in [5.74, 6) is 0. The molecule has 3 rings (SSSR count). The lowest BCUT2D eigenvalue weighted by Gasteiger charge is -2.01. The van der Waals surface area contributed by atoms with E-state index < -0.39 is 10.8 Å². The maximum absolute atomic E-state index is 12.5. The minimum Gasteiger partial charge on any atom is -0.285 e. The zero-order chi connectivity index (χ0) is 14.3. The van der Waals surface area contributed by atoms with E-state index in [1.807, 2.05) is 38.1 Å². The Morgan fingerprint density at radius 1 is 1.15 bits per heavy atom. The molecule has 0 radical (unpaired) electrons. The molecule has 0 N–H and O–H groups in total. The predicted molar refractivity (Wildman–Crippen MR) is 78.3 cm³/mol. The summed E-state index contributed by atoms with van der Waals surface area (Å²) in [6, 6.07) is 9.11. The van der Waals surface area contributed by atoms with Crippen molar-refractivity contribution >= 4 is 27.2 Å². The van der Waals surface area contributed by atoms with Gasteiger partial charge >= 0.3 is 0 Å². The highest BCUT2D eigenvalue weighted by molar-refractivity contribution is 7.85. The Bertz CT molecular complexity index is 886. The van der Waals surface area contributed by atoms with E-state index >= 15 is 0 Å². The highest BCUT2D eigenvalue weighted by atomic mass is 32.2. The fourth-order valence-corrected chi connectivity index (χ4v) is 2.92. The SMILES string of the molecule is CC(C)S(=O)c1nnc2c(=O)c3ccccc3ccn12. The molecule has 0 saturated carbocycles. The molecule has 1 aromatic carbocycles. The molecular formula is C14H13N3O2S. The maximum atomic E-state index is 12.5. The number of nitrogens with zero attached hydrogens (tertiary/aromatic N) is 3. The third-order valence-electron chi connectivity index (χ3n) is 3.08. The van der Waals surface area contributed by atoms with Crippen molar-refractivity contribution in [3.63, 3.8) is 0 Å². The molecule has 2 heterocycles. The summed E-state index contributed by atoms with van der Waals surface area (Å²) in [6.45, 7) is 3.68. The second-order valence-corrected chi connectivity index (χ2v) is 6.66. The summed E-state index contributed by atoms with van der Waals surface area (Å²) < 4.78 is 13.7. The van der Waals surface area contributed by atoms with Gasteiger partial charge in [-0.1, -0.05) is 38.1 Å². The lowest BCUT2D eigenvalue weighted by Crippen LogP contribution is -2.10. The standard InChI is InChI=1S/C14H13N3O2S/c1-9(2)20(19)14-16-15-13-12(18)11-6-4-3-5-10(11)7-8-17(13)14/h3-9H,1-2H3. The fraction of sp³-hybridized carbons (Fsp3) is 0.214. The van der Waals surface area contributed by atoms with Crippen molar-refractivity contribution in [3.05, 3.63) is 46.8 Å².